The third kappa shape index (κ3) is 11.1. The number of nitrogens with zero attached hydrogens (tertiary/aromatic N) is 6. The minimum Gasteiger partial charge on any atom is -0.467 e. The maximum absolute atomic E-state index is 16.5. The number of anilines is 1. The number of piperidine rings is 1. The SMILES string of the molecule is COCOc1cc(Oc2nc3nc(OC[C@H]4CCCN4C(=O)OC(C)(C)C)nc(N4CCC[C@](C)(O[Si](C)(C)C(C)(C)C)C4)c3n2C2CCC2)c2c(C#C[Si](C(C)C)(C(C)C)C(C)C)c(F)ccc2c1. The lowest BCUT2D eigenvalue weighted by Gasteiger charge is -2.48. The number of imidazole rings is 1. The Morgan fingerprint density at radius 3 is 2.23 bits per heavy atom. The van der Waals surface area contributed by atoms with Gasteiger partial charge in [0.15, 0.2) is 26.6 Å². The molecule has 2 aromatic carbocycles. The van der Waals surface area contributed by atoms with Gasteiger partial charge in [-0.05, 0) is 125 Å². The first-order valence-corrected chi connectivity index (χ1v) is 30.9. The molecule has 3 aliphatic rings. The summed E-state index contributed by atoms with van der Waals surface area (Å²) in [7, 11) is -2.88. The molecule has 1 amide bonds. The monoisotopic (exact) mass is 1000 g/mol. The fourth-order valence-electron chi connectivity index (χ4n) is 10.8. The van der Waals surface area contributed by atoms with Crippen LogP contribution >= 0.6 is 0 Å². The Bertz CT molecular complexity index is 2570. The fourth-order valence-corrected chi connectivity index (χ4v) is 17.7. The molecule has 0 N–H and O–H groups in total. The molecular weight excluding hydrogens is 920 g/mol. The van der Waals surface area contributed by atoms with E-state index in [-0.39, 0.29) is 48.2 Å². The Labute approximate surface area is 419 Å². The van der Waals surface area contributed by atoms with Crippen LogP contribution in [0.2, 0.25) is 34.8 Å². The van der Waals surface area contributed by atoms with Gasteiger partial charge in [-0.15, -0.1) is 5.54 Å². The molecule has 1 saturated carbocycles. The standard InChI is InChI=1S/C54H81FN6O7Si2/c1-35(2)70(36(3)4,37(5)6)29-25-42-43(55)24-23-38-30-41(65-34-63-14)31-44(45(38)42)66-50-57-47-46(61(50)39-20-17-21-39)48(59-27-19-26-54(13,33-59)68-69(15,16)53(10,11)12)58-49(56-47)64-32-40-22-18-28-60(40)51(62)67-52(7,8)9/h23-24,30-31,35-37,39-40H,17-22,26-28,32-34H2,1-16H3/t40-,54+/m1/s1. The molecule has 70 heavy (non-hydrogen) atoms. The second-order valence-corrected chi connectivity index (χ2v) is 34.0. The highest BCUT2D eigenvalue weighted by atomic mass is 28.4. The van der Waals surface area contributed by atoms with Gasteiger partial charge in [-0.25, -0.2) is 9.18 Å². The Morgan fingerprint density at radius 1 is 0.914 bits per heavy atom. The number of halogens is 1. The molecule has 0 bridgehead atoms. The van der Waals surface area contributed by atoms with Gasteiger partial charge in [-0.1, -0.05) is 74.3 Å². The van der Waals surface area contributed by atoms with Crippen LogP contribution in [0.1, 0.15) is 147 Å². The van der Waals surface area contributed by atoms with E-state index in [1.54, 1.807) is 24.1 Å². The number of amides is 1. The molecule has 3 fully saturated rings. The number of aromatic nitrogens is 4. The lowest BCUT2D eigenvalue weighted by atomic mass is 9.92. The van der Waals surface area contributed by atoms with Crippen molar-refractivity contribution >= 4 is 50.2 Å². The van der Waals surface area contributed by atoms with Crippen LogP contribution in [-0.2, 0) is 13.9 Å². The highest BCUT2D eigenvalue weighted by molar-refractivity contribution is 6.90. The first-order chi connectivity index (χ1) is 32.8. The fraction of sp³-hybridized carbons (Fsp3) is 0.667. The van der Waals surface area contributed by atoms with Crippen LogP contribution < -0.4 is 19.1 Å². The second-order valence-electron chi connectivity index (χ2n) is 23.7. The zero-order chi connectivity index (χ0) is 51.1. The van der Waals surface area contributed by atoms with Crippen LogP contribution in [0.5, 0.6) is 23.5 Å². The van der Waals surface area contributed by atoms with E-state index in [0.717, 1.165) is 57.0 Å². The van der Waals surface area contributed by atoms with Crippen molar-refractivity contribution < 1.29 is 37.3 Å². The first kappa shape index (κ1) is 53.4. The number of methoxy groups -OCH3 is 1. The molecule has 4 heterocycles. The Balaban J connectivity index is 1.40. The van der Waals surface area contributed by atoms with Gasteiger partial charge in [0.25, 0.3) is 0 Å². The maximum atomic E-state index is 16.5. The number of benzene rings is 2. The lowest BCUT2D eigenvalue weighted by molar-refractivity contribution is 0.0184. The molecule has 2 saturated heterocycles. The van der Waals surface area contributed by atoms with E-state index in [9.17, 15) is 4.79 Å². The molecule has 13 nitrogen and oxygen atoms in total. The summed E-state index contributed by atoms with van der Waals surface area (Å²) in [6.45, 7) is 35.0. The van der Waals surface area contributed by atoms with Crippen molar-refractivity contribution in [3.63, 3.8) is 0 Å². The highest BCUT2D eigenvalue weighted by Crippen LogP contribution is 2.47. The topological polar surface area (TPSA) is 123 Å². The predicted molar refractivity (Wildman–Crippen MR) is 282 cm³/mol. The molecule has 2 aromatic heterocycles. The average molecular weight is 1000 g/mol. The van der Waals surface area contributed by atoms with Gasteiger partial charge in [0.2, 0.25) is 0 Å². The summed E-state index contributed by atoms with van der Waals surface area (Å²) in [5.41, 5.74) is 5.20. The summed E-state index contributed by atoms with van der Waals surface area (Å²) in [5, 5.41) is 1.28. The van der Waals surface area contributed by atoms with Crippen LogP contribution in [0.15, 0.2) is 24.3 Å². The number of hydrogen-bond acceptors (Lipinski definition) is 11. The summed E-state index contributed by atoms with van der Waals surface area (Å²) in [4.78, 5) is 32.9. The molecule has 2 aliphatic heterocycles. The normalized spacial score (nSPS) is 19.6. The number of carbonyl (C=O) groups is 1. The molecule has 0 radical (unpaired) electrons. The number of fused-ring (bicyclic) bond motifs is 2. The molecule has 0 spiro atoms. The van der Waals surface area contributed by atoms with Crippen molar-refractivity contribution in [2.75, 3.05) is 45.0 Å². The molecule has 16 heteroatoms. The number of hydrogen-bond donors (Lipinski definition) is 0. The van der Waals surface area contributed by atoms with Crippen molar-refractivity contribution in [1.29, 1.82) is 0 Å². The maximum Gasteiger partial charge on any atom is 0.410 e. The molecule has 1 aliphatic carbocycles. The number of carbonyl (C=O) groups excluding carboxylic acids is 1. The highest BCUT2D eigenvalue weighted by Gasteiger charge is 2.46. The summed E-state index contributed by atoms with van der Waals surface area (Å²) in [6.07, 6.45) is 5.91. The number of ether oxygens (including phenoxy) is 5. The smallest absolute Gasteiger partial charge is 0.410 e. The van der Waals surface area contributed by atoms with Crippen molar-refractivity contribution in [3.8, 4) is 35.0 Å². The van der Waals surface area contributed by atoms with Crippen molar-refractivity contribution in [2.24, 2.45) is 0 Å². The third-order valence-corrected chi connectivity index (χ3v) is 26.3. The van der Waals surface area contributed by atoms with E-state index in [4.69, 9.17) is 43.1 Å². The minimum absolute atomic E-state index is 0.0106. The Morgan fingerprint density at radius 2 is 1.61 bits per heavy atom. The van der Waals surface area contributed by atoms with E-state index in [0.29, 0.717) is 69.5 Å². The van der Waals surface area contributed by atoms with Crippen molar-refractivity contribution in [1.82, 2.24) is 24.4 Å². The third-order valence-electron chi connectivity index (χ3n) is 15.4. The Hall–Kier alpha value is -4.44. The lowest BCUT2D eigenvalue weighted by Crippen LogP contribution is -2.55. The van der Waals surface area contributed by atoms with Gasteiger partial charge in [0.05, 0.1) is 17.2 Å². The van der Waals surface area contributed by atoms with E-state index in [2.05, 4.69) is 103 Å². The zero-order valence-corrected chi connectivity index (χ0v) is 47.1. The molecule has 7 rings (SSSR count). The number of likely N-dealkylation sites (tertiary alicyclic amines) is 1. The van der Waals surface area contributed by atoms with E-state index >= 15 is 4.39 Å². The summed E-state index contributed by atoms with van der Waals surface area (Å²) in [6, 6.07) is 7.17. The largest absolute Gasteiger partial charge is 0.467 e. The van der Waals surface area contributed by atoms with Gasteiger partial charge >= 0.3 is 18.1 Å². The van der Waals surface area contributed by atoms with Crippen molar-refractivity contribution in [2.45, 2.75) is 193 Å². The summed E-state index contributed by atoms with van der Waals surface area (Å²) < 4.78 is 56.7. The van der Waals surface area contributed by atoms with Gasteiger partial charge in [-0.2, -0.15) is 15.0 Å². The van der Waals surface area contributed by atoms with E-state index in [1.807, 2.05) is 26.8 Å². The van der Waals surface area contributed by atoms with Crippen LogP contribution in [0.4, 0.5) is 15.0 Å². The van der Waals surface area contributed by atoms with Crippen LogP contribution in [0, 0.1) is 17.3 Å². The van der Waals surface area contributed by atoms with E-state index in [1.165, 1.54) is 6.07 Å². The Kier molecular flexibility index (Phi) is 15.7. The molecule has 384 valence electrons. The van der Waals surface area contributed by atoms with Gasteiger partial charge in [0.1, 0.15) is 43.1 Å². The summed E-state index contributed by atoms with van der Waals surface area (Å²) in [5.74, 6) is 4.56. The van der Waals surface area contributed by atoms with Crippen LogP contribution in [-0.4, -0.2) is 104 Å². The summed E-state index contributed by atoms with van der Waals surface area (Å²) >= 11 is 0. The van der Waals surface area contributed by atoms with Gasteiger partial charge < -0.3 is 37.9 Å². The number of rotatable bonds is 15. The van der Waals surface area contributed by atoms with Gasteiger partial charge in [-0.3, -0.25) is 4.57 Å². The van der Waals surface area contributed by atoms with E-state index < -0.39 is 33.4 Å². The van der Waals surface area contributed by atoms with Crippen molar-refractivity contribution in [3.05, 3.63) is 35.6 Å². The zero-order valence-electron chi connectivity index (χ0n) is 45.1. The second kappa shape index (κ2) is 20.6. The first-order valence-electron chi connectivity index (χ1n) is 25.7. The molecular formula is C54H81FN6O7Si2. The van der Waals surface area contributed by atoms with Gasteiger partial charge in [0, 0.05) is 44.2 Å². The molecule has 0 unspecified atom stereocenters. The molecule has 4 aromatic rings. The average Bonchev–Trinajstić information content (AvgIpc) is 3.85. The quantitative estimate of drug-likeness (QED) is 0.0642. The van der Waals surface area contributed by atoms with Crippen LogP contribution in [0.25, 0.3) is 21.9 Å². The molecule has 2 atom stereocenters. The minimum atomic E-state index is -2.27. The predicted octanol–water partition coefficient (Wildman–Crippen LogP) is 13.3. The van der Waals surface area contributed by atoms with Crippen LogP contribution in [0.3, 0.4) is 0 Å².